The molecule has 1 fully saturated rings. The molecule has 0 bridgehead atoms. The van der Waals surface area contributed by atoms with Crippen LogP contribution >= 0.6 is 0 Å². The topological polar surface area (TPSA) is 137 Å². The fraction of sp³-hybridized carbons (Fsp3) is 0.600. The summed E-state index contributed by atoms with van der Waals surface area (Å²) in [6.07, 6.45) is -5.45. The highest BCUT2D eigenvalue weighted by molar-refractivity contribution is 5.80. The third-order valence-corrected chi connectivity index (χ3v) is 4.75. The number of ether oxygens (including phenoxy) is 2. The summed E-state index contributed by atoms with van der Waals surface area (Å²) < 4.78 is 10.8. The molecule has 1 aliphatic heterocycles. The number of aliphatic hydroxyl groups is 3. The average molecular weight is 410 g/mol. The van der Waals surface area contributed by atoms with E-state index in [9.17, 15) is 24.9 Å². The van der Waals surface area contributed by atoms with Gasteiger partial charge in [0.2, 0.25) is 11.8 Å². The Morgan fingerprint density at radius 1 is 1.21 bits per heavy atom. The van der Waals surface area contributed by atoms with Crippen molar-refractivity contribution in [2.75, 3.05) is 6.61 Å². The number of nitrogens with one attached hydrogen (secondary N) is 2. The maximum Gasteiger partial charge on any atom is 0.249 e. The molecular formula is C20H30N2O7. The van der Waals surface area contributed by atoms with Gasteiger partial charge in [-0.2, -0.15) is 0 Å². The normalized spacial score (nSPS) is 29.0. The Kier molecular flexibility index (Phi) is 8.54. The summed E-state index contributed by atoms with van der Waals surface area (Å²) in [5, 5.41) is 35.2. The smallest absolute Gasteiger partial charge is 0.249 e. The van der Waals surface area contributed by atoms with Crippen LogP contribution in [-0.2, 0) is 25.5 Å². The largest absolute Gasteiger partial charge is 0.394 e. The van der Waals surface area contributed by atoms with Crippen LogP contribution in [0.2, 0.25) is 0 Å². The summed E-state index contributed by atoms with van der Waals surface area (Å²) in [5.41, 5.74) is 1.08. The molecule has 2 amide bonds. The number of hydrogen-bond donors (Lipinski definition) is 5. The van der Waals surface area contributed by atoms with E-state index in [0.717, 1.165) is 5.56 Å². The number of aliphatic hydroxyl groups excluding tert-OH is 3. The Labute approximate surface area is 170 Å². The molecular weight excluding hydrogens is 380 g/mol. The van der Waals surface area contributed by atoms with E-state index in [0.29, 0.717) is 6.42 Å². The Bertz CT molecular complexity index is 672. The van der Waals surface area contributed by atoms with Crippen molar-refractivity contribution in [3.8, 4) is 0 Å². The highest BCUT2D eigenvalue weighted by Crippen LogP contribution is 2.23. The van der Waals surface area contributed by atoms with Gasteiger partial charge in [0.05, 0.1) is 6.61 Å². The third kappa shape index (κ3) is 6.48. The lowest BCUT2D eigenvalue weighted by Gasteiger charge is -2.43. The van der Waals surface area contributed by atoms with Crippen LogP contribution < -0.4 is 10.6 Å². The highest BCUT2D eigenvalue weighted by Gasteiger charge is 2.46. The fourth-order valence-electron chi connectivity index (χ4n) is 3.31. The molecule has 9 nitrogen and oxygen atoms in total. The summed E-state index contributed by atoms with van der Waals surface area (Å²) in [6, 6.07) is 8.45. The minimum absolute atomic E-state index is 0.155. The minimum atomic E-state index is -1.50. The molecule has 0 aromatic heterocycles. The van der Waals surface area contributed by atoms with Gasteiger partial charge in [0, 0.05) is 13.0 Å². The van der Waals surface area contributed by atoms with Crippen molar-refractivity contribution >= 4 is 11.8 Å². The summed E-state index contributed by atoms with van der Waals surface area (Å²) >= 11 is 0. The zero-order valence-corrected chi connectivity index (χ0v) is 16.8. The second-order valence-electron chi connectivity index (χ2n) is 7.31. The summed E-state index contributed by atoms with van der Waals surface area (Å²) in [5.74, 6) is -0.863. The maximum absolute atomic E-state index is 12.5. The van der Waals surface area contributed by atoms with Crippen LogP contribution in [0.4, 0.5) is 0 Å². The van der Waals surface area contributed by atoms with Gasteiger partial charge in [-0.3, -0.25) is 9.59 Å². The molecule has 5 N–H and O–H groups in total. The van der Waals surface area contributed by atoms with Crippen LogP contribution in [0.1, 0.15) is 26.3 Å². The van der Waals surface area contributed by atoms with E-state index in [2.05, 4.69) is 10.6 Å². The lowest BCUT2D eigenvalue weighted by molar-refractivity contribution is -0.266. The van der Waals surface area contributed by atoms with E-state index in [1.54, 1.807) is 0 Å². The van der Waals surface area contributed by atoms with Gasteiger partial charge in [0.25, 0.3) is 0 Å². The van der Waals surface area contributed by atoms with Gasteiger partial charge in [-0.25, -0.2) is 0 Å². The Hall–Kier alpha value is -2.04. The number of carbonyl (C=O) groups is 2. The standard InChI is InChI=1S/C20H30N2O7/c1-11(9-14-7-5-4-6-8-14)21-19(26)12(2)28-18-16(22-13(3)24)20(27)29-15(10-23)17(18)25/h4-8,11-12,15-18,20,23,25,27H,9-10H2,1-3H3,(H,21,26)(H,22,24)/t11-,12+,15?,16+,17-,18+,20?/m0/s1. The Morgan fingerprint density at radius 3 is 2.45 bits per heavy atom. The number of benzene rings is 1. The summed E-state index contributed by atoms with van der Waals surface area (Å²) in [7, 11) is 0. The van der Waals surface area contributed by atoms with E-state index in [-0.39, 0.29) is 6.04 Å². The molecule has 2 unspecified atom stereocenters. The molecule has 1 aromatic carbocycles. The maximum atomic E-state index is 12.5. The monoisotopic (exact) mass is 410 g/mol. The minimum Gasteiger partial charge on any atom is -0.394 e. The van der Waals surface area contributed by atoms with Gasteiger partial charge in [-0.15, -0.1) is 0 Å². The van der Waals surface area contributed by atoms with Gasteiger partial charge in [-0.1, -0.05) is 30.3 Å². The molecule has 2 rings (SSSR count). The molecule has 29 heavy (non-hydrogen) atoms. The molecule has 1 heterocycles. The summed E-state index contributed by atoms with van der Waals surface area (Å²) in [6.45, 7) is 4.07. The quantitative estimate of drug-likeness (QED) is 0.374. The van der Waals surface area contributed by atoms with E-state index in [4.69, 9.17) is 9.47 Å². The lowest BCUT2D eigenvalue weighted by Crippen LogP contribution is -2.65. The molecule has 162 valence electrons. The first-order chi connectivity index (χ1) is 13.7. The Balaban J connectivity index is 2.01. The van der Waals surface area contributed by atoms with Crippen molar-refractivity contribution in [3.63, 3.8) is 0 Å². The first-order valence-corrected chi connectivity index (χ1v) is 9.62. The zero-order valence-electron chi connectivity index (χ0n) is 16.8. The molecule has 9 heteroatoms. The second-order valence-corrected chi connectivity index (χ2v) is 7.31. The van der Waals surface area contributed by atoms with E-state index in [1.165, 1.54) is 13.8 Å². The van der Waals surface area contributed by atoms with Crippen molar-refractivity contribution in [1.82, 2.24) is 10.6 Å². The van der Waals surface area contributed by atoms with Crippen LogP contribution in [0.15, 0.2) is 30.3 Å². The first-order valence-electron chi connectivity index (χ1n) is 9.62. The van der Waals surface area contributed by atoms with Crippen LogP contribution in [0.25, 0.3) is 0 Å². The molecule has 1 saturated heterocycles. The average Bonchev–Trinajstić information content (AvgIpc) is 2.67. The van der Waals surface area contributed by atoms with Gasteiger partial charge in [0.15, 0.2) is 6.29 Å². The SMILES string of the molecule is CC(=O)N[C@H]1C(O)OC(CO)[C@H](O)[C@@H]1O[C@H](C)C(=O)N[C@@H](C)Cc1ccccc1. The predicted molar refractivity (Wildman–Crippen MR) is 104 cm³/mol. The van der Waals surface area contributed by atoms with Crippen LogP contribution in [0, 0.1) is 0 Å². The van der Waals surface area contributed by atoms with E-state index >= 15 is 0 Å². The van der Waals surface area contributed by atoms with E-state index < -0.39 is 55.2 Å². The van der Waals surface area contributed by atoms with E-state index in [1.807, 2.05) is 37.3 Å². The fourth-order valence-corrected chi connectivity index (χ4v) is 3.31. The van der Waals surface area contributed by atoms with Crippen molar-refractivity contribution in [2.24, 2.45) is 0 Å². The molecule has 7 atom stereocenters. The van der Waals surface area contributed by atoms with Crippen molar-refractivity contribution in [2.45, 2.75) is 70.0 Å². The molecule has 1 aliphatic rings. The van der Waals surface area contributed by atoms with Gasteiger partial charge in [-0.05, 0) is 25.8 Å². The predicted octanol–water partition coefficient (Wildman–Crippen LogP) is -0.917. The van der Waals surface area contributed by atoms with Gasteiger partial charge < -0.3 is 35.4 Å². The van der Waals surface area contributed by atoms with Gasteiger partial charge in [0.1, 0.15) is 30.5 Å². The van der Waals surface area contributed by atoms with Crippen molar-refractivity contribution < 1.29 is 34.4 Å². The number of carbonyl (C=O) groups excluding carboxylic acids is 2. The lowest BCUT2D eigenvalue weighted by atomic mass is 9.96. The summed E-state index contributed by atoms with van der Waals surface area (Å²) in [4.78, 5) is 24.0. The molecule has 0 saturated carbocycles. The number of amides is 2. The van der Waals surface area contributed by atoms with Crippen LogP contribution in [0.3, 0.4) is 0 Å². The number of hydrogen-bond acceptors (Lipinski definition) is 7. The molecule has 0 radical (unpaired) electrons. The van der Waals surface area contributed by atoms with Crippen molar-refractivity contribution in [1.29, 1.82) is 0 Å². The molecule has 1 aromatic rings. The Morgan fingerprint density at radius 2 is 1.86 bits per heavy atom. The molecule has 0 spiro atoms. The zero-order chi connectivity index (χ0) is 21.6. The second kappa shape index (κ2) is 10.7. The molecule has 0 aliphatic carbocycles. The van der Waals surface area contributed by atoms with Crippen LogP contribution in [-0.4, -0.2) is 76.5 Å². The first kappa shape index (κ1) is 23.2. The van der Waals surface area contributed by atoms with Crippen LogP contribution in [0.5, 0.6) is 0 Å². The highest BCUT2D eigenvalue weighted by atomic mass is 16.6. The third-order valence-electron chi connectivity index (χ3n) is 4.75. The van der Waals surface area contributed by atoms with Gasteiger partial charge >= 0.3 is 0 Å². The van der Waals surface area contributed by atoms with Crippen molar-refractivity contribution in [3.05, 3.63) is 35.9 Å². The number of rotatable bonds is 8.